The fourth-order valence-corrected chi connectivity index (χ4v) is 3.46. The molecule has 1 aromatic rings. The van der Waals surface area contributed by atoms with Crippen LogP contribution < -0.4 is 20.1 Å². The summed E-state index contributed by atoms with van der Waals surface area (Å²) in [4.78, 5) is 6.78. The molecule has 0 heterocycles. The van der Waals surface area contributed by atoms with Crippen LogP contribution in [0.4, 0.5) is 0 Å². The van der Waals surface area contributed by atoms with Gasteiger partial charge in [-0.2, -0.15) is 0 Å². The van der Waals surface area contributed by atoms with Crippen molar-refractivity contribution in [1.29, 1.82) is 0 Å². The molecule has 7 heteroatoms. The van der Waals surface area contributed by atoms with Gasteiger partial charge >= 0.3 is 0 Å². The van der Waals surface area contributed by atoms with Gasteiger partial charge in [-0.25, -0.2) is 0 Å². The molecule has 0 radical (unpaired) electrons. The highest BCUT2D eigenvalue weighted by Crippen LogP contribution is 2.27. The van der Waals surface area contributed by atoms with Crippen LogP contribution in [0.1, 0.15) is 31.2 Å². The molecule has 0 unspecified atom stereocenters. The predicted octanol–water partition coefficient (Wildman–Crippen LogP) is 2.90. The number of benzene rings is 1. The molecule has 0 amide bonds. The normalized spacial score (nSPS) is 14.8. The molecule has 0 spiro atoms. The Morgan fingerprint density at radius 2 is 1.78 bits per heavy atom. The first-order valence-electron chi connectivity index (χ1n) is 9.53. The van der Waals surface area contributed by atoms with E-state index in [0.29, 0.717) is 0 Å². The summed E-state index contributed by atoms with van der Waals surface area (Å²) in [5.41, 5.74) is 1.20. The molecule has 0 atom stereocenters. The summed E-state index contributed by atoms with van der Waals surface area (Å²) in [7, 11) is 7.35. The van der Waals surface area contributed by atoms with Crippen LogP contribution in [0.2, 0.25) is 0 Å². The average molecular weight is 490 g/mol. The van der Waals surface area contributed by atoms with Crippen molar-refractivity contribution >= 4 is 29.9 Å². The van der Waals surface area contributed by atoms with E-state index >= 15 is 0 Å². The zero-order valence-electron chi connectivity index (χ0n) is 17.1. The molecule has 0 aromatic heterocycles. The van der Waals surface area contributed by atoms with Crippen LogP contribution in [-0.4, -0.2) is 64.9 Å². The molecule has 27 heavy (non-hydrogen) atoms. The molecule has 154 valence electrons. The van der Waals surface area contributed by atoms with Gasteiger partial charge < -0.3 is 25.0 Å². The molecule has 1 aliphatic rings. The number of hydrogen-bond acceptors (Lipinski definition) is 4. The number of methoxy groups -OCH3 is 2. The van der Waals surface area contributed by atoms with Crippen LogP contribution in [0.15, 0.2) is 23.2 Å². The molecular formula is C20H35IN4O2. The summed E-state index contributed by atoms with van der Waals surface area (Å²) < 4.78 is 10.6. The Morgan fingerprint density at radius 1 is 1.11 bits per heavy atom. The van der Waals surface area contributed by atoms with Crippen LogP contribution in [0, 0.1) is 0 Å². The lowest BCUT2D eigenvalue weighted by atomic mass is 10.1. The molecule has 1 aromatic carbocycles. The third-order valence-corrected chi connectivity index (χ3v) is 5.08. The van der Waals surface area contributed by atoms with Crippen molar-refractivity contribution in [2.24, 2.45) is 4.99 Å². The summed E-state index contributed by atoms with van der Waals surface area (Å²) in [5, 5.41) is 6.78. The molecule has 0 saturated heterocycles. The maximum Gasteiger partial charge on any atom is 0.191 e. The van der Waals surface area contributed by atoms with E-state index in [2.05, 4.69) is 33.6 Å². The summed E-state index contributed by atoms with van der Waals surface area (Å²) in [5.74, 6) is 2.38. The number of nitrogens with zero attached hydrogens (tertiary/aromatic N) is 2. The SMILES string of the molecule is CN=C(NCCc1ccc(OC)c(OC)c1)NCCN(C)C1CCCC1.I. The molecule has 6 nitrogen and oxygen atoms in total. The van der Waals surface area contributed by atoms with Crippen molar-refractivity contribution in [2.45, 2.75) is 38.1 Å². The summed E-state index contributed by atoms with van der Waals surface area (Å²) in [6.45, 7) is 2.76. The summed E-state index contributed by atoms with van der Waals surface area (Å²) in [6.07, 6.45) is 6.33. The van der Waals surface area contributed by atoms with Gasteiger partial charge in [-0.05, 0) is 44.0 Å². The Labute approximate surface area is 181 Å². The molecule has 1 fully saturated rings. The molecule has 1 aliphatic carbocycles. The third-order valence-electron chi connectivity index (χ3n) is 5.08. The number of halogens is 1. The van der Waals surface area contributed by atoms with E-state index in [-0.39, 0.29) is 24.0 Å². The van der Waals surface area contributed by atoms with Crippen LogP contribution in [0.5, 0.6) is 11.5 Å². The van der Waals surface area contributed by atoms with Gasteiger partial charge in [0.25, 0.3) is 0 Å². The first-order chi connectivity index (χ1) is 12.7. The smallest absolute Gasteiger partial charge is 0.191 e. The third kappa shape index (κ3) is 7.73. The topological polar surface area (TPSA) is 58.1 Å². The summed E-state index contributed by atoms with van der Waals surface area (Å²) >= 11 is 0. The number of rotatable bonds is 9. The second-order valence-corrected chi connectivity index (χ2v) is 6.78. The minimum atomic E-state index is 0. The first-order valence-corrected chi connectivity index (χ1v) is 9.53. The van der Waals surface area contributed by atoms with Crippen LogP contribution in [0.25, 0.3) is 0 Å². The van der Waals surface area contributed by atoms with Crippen molar-refractivity contribution in [2.75, 3.05) is 47.9 Å². The maximum atomic E-state index is 5.36. The standard InChI is InChI=1S/C20H34N4O2.HI/c1-21-20(23-13-14-24(2)17-7-5-6-8-17)22-12-11-16-9-10-18(25-3)19(15-16)26-4;/h9-10,15,17H,5-8,11-14H2,1-4H3,(H2,21,22,23);1H. The van der Waals surface area contributed by atoms with E-state index in [1.54, 1.807) is 14.2 Å². The van der Waals surface area contributed by atoms with Crippen molar-refractivity contribution in [1.82, 2.24) is 15.5 Å². The van der Waals surface area contributed by atoms with Crippen LogP contribution >= 0.6 is 24.0 Å². The van der Waals surface area contributed by atoms with Gasteiger partial charge in [0.15, 0.2) is 17.5 Å². The van der Waals surface area contributed by atoms with E-state index < -0.39 is 0 Å². The highest BCUT2D eigenvalue weighted by atomic mass is 127. The van der Waals surface area contributed by atoms with E-state index in [4.69, 9.17) is 9.47 Å². The van der Waals surface area contributed by atoms with Crippen LogP contribution in [0.3, 0.4) is 0 Å². The van der Waals surface area contributed by atoms with Crippen LogP contribution in [-0.2, 0) is 6.42 Å². The lowest BCUT2D eigenvalue weighted by Gasteiger charge is -2.24. The Balaban J connectivity index is 0.00000364. The van der Waals surface area contributed by atoms with Crippen molar-refractivity contribution < 1.29 is 9.47 Å². The van der Waals surface area contributed by atoms with E-state index in [9.17, 15) is 0 Å². The minimum absolute atomic E-state index is 0. The zero-order chi connectivity index (χ0) is 18.8. The highest BCUT2D eigenvalue weighted by molar-refractivity contribution is 14.0. The molecule has 0 aliphatic heterocycles. The first kappa shape index (κ1) is 23.8. The molecular weight excluding hydrogens is 455 g/mol. The quantitative estimate of drug-likeness (QED) is 0.317. The second-order valence-electron chi connectivity index (χ2n) is 6.78. The minimum Gasteiger partial charge on any atom is -0.493 e. The van der Waals surface area contributed by atoms with E-state index in [1.807, 2.05) is 19.2 Å². The van der Waals surface area contributed by atoms with Gasteiger partial charge in [0, 0.05) is 32.7 Å². The number of hydrogen-bond donors (Lipinski definition) is 2. The lowest BCUT2D eigenvalue weighted by Crippen LogP contribution is -2.43. The Morgan fingerprint density at radius 3 is 2.41 bits per heavy atom. The fourth-order valence-electron chi connectivity index (χ4n) is 3.46. The number of aliphatic imine (C=N–C) groups is 1. The van der Waals surface area contributed by atoms with Gasteiger partial charge in [-0.1, -0.05) is 18.9 Å². The lowest BCUT2D eigenvalue weighted by molar-refractivity contribution is 0.249. The van der Waals surface area contributed by atoms with Gasteiger partial charge in [0.1, 0.15) is 0 Å². The number of likely N-dealkylation sites (N-methyl/N-ethyl adjacent to an activating group) is 1. The van der Waals surface area contributed by atoms with Crippen molar-refractivity contribution in [3.8, 4) is 11.5 Å². The number of ether oxygens (including phenoxy) is 2. The highest BCUT2D eigenvalue weighted by Gasteiger charge is 2.18. The Hall–Kier alpha value is -1.22. The molecule has 2 rings (SSSR count). The van der Waals surface area contributed by atoms with Crippen molar-refractivity contribution in [3.63, 3.8) is 0 Å². The molecule has 0 bridgehead atoms. The second kappa shape index (κ2) is 13.0. The Bertz CT molecular complexity index is 577. The van der Waals surface area contributed by atoms with Gasteiger partial charge in [-0.3, -0.25) is 4.99 Å². The summed E-state index contributed by atoms with van der Waals surface area (Å²) in [6, 6.07) is 6.79. The van der Waals surface area contributed by atoms with E-state index in [0.717, 1.165) is 49.6 Å². The van der Waals surface area contributed by atoms with E-state index in [1.165, 1.54) is 31.2 Å². The number of guanidine groups is 1. The largest absolute Gasteiger partial charge is 0.493 e. The average Bonchev–Trinajstić information content (AvgIpc) is 3.21. The monoisotopic (exact) mass is 490 g/mol. The van der Waals surface area contributed by atoms with Gasteiger partial charge in [0.05, 0.1) is 14.2 Å². The van der Waals surface area contributed by atoms with Gasteiger partial charge in [-0.15, -0.1) is 24.0 Å². The predicted molar refractivity (Wildman–Crippen MR) is 123 cm³/mol. The zero-order valence-corrected chi connectivity index (χ0v) is 19.4. The van der Waals surface area contributed by atoms with Crippen molar-refractivity contribution in [3.05, 3.63) is 23.8 Å². The number of nitrogens with one attached hydrogen (secondary N) is 2. The maximum absolute atomic E-state index is 5.36. The Kier molecular flexibility index (Phi) is 11.5. The molecule has 1 saturated carbocycles. The fraction of sp³-hybridized carbons (Fsp3) is 0.650. The molecule has 2 N–H and O–H groups in total. The van der Waals surface area contributed by atoms with Gasteiger partial charge in [0.2, 0.25) is 0 Å².